The number of alkyl carbamates (subject to hydrolysis) is 1. The van der Waals surface area contributed by atoms with E-state index in [4.69, 9.17) is 18.9 Å². The van der Waals surface area contributed by atoms with Gasteiger partial charge < -0.3 is 24.3 Å². The minimum Gasteiger partial charge on any atom is -0.463 e. The minimum absolute atomic E-state index is 0.201. The van der Waals surface area contributed by atoms with Gasteiger partial charge in [0.2, 0.25) is 0 Å². The van der Waals surface area contributed by atoms with Crippen LogP contribution in [0.25, 0.3) is 0 Å². The fourth-order valence-electron chi connectivity index (χ4n) is 1.81. The van der Waals surface area contributed by atoms with Crippen molar-refractivity contribution in [3.63, 3.8) is 0 Å². The lowest BCUT2D eigenvalue weighted by Crippen LogP contribution is -2.28. The van der Waals surface area contributed by atoms with E-state index in [1.54, 1.807) is 0 Å². The highest BCUT2D eigenvalue weighted by Crippen LogP contribution is 2.00. The molecule has 140 valence electrons. The summed E-state index contributed by atoms with van der Waals surface area (Å²) in [5.74, 6) is -0.201. The van der Waals surface area contributed by atoms with Gasteiger partial charge in [0.15, 0.2) is 0 Å². The van der Waals surface area contributed by atoms with Crippen LogP contribution in [0.1, 0.15) is 25.3 Å². The monoisotopic (exact) mass is 353 g/mol. The zero-order valence-electron chi connectivity index (χ0n) is 14.7. The Morgan fingerprint density at radius 2 is 1.60 bits per heavy atom. The fourth-order valence-corrected chi connectivity index (χ4v) is 1.81. The molecule has 1 rings (SSSR count). The Morgan fingerprint density at radius 1 is 0.920 bits per heavy atom. The van der Waals surface area contributed by atoms with Crippen molar-refractivity contribution in [1.82, 2.24) is 5.32 Å². The summed E-state index contributed by atoms with van der Waals surface area (Å²) < 4.78 is 20.6. The van der Waals surface area contributed by atoms with Crippen molar-refractivity contribution in [1.29, 1.82) is 0 Å². The molecule has 0 spiro atoms. The van der Waals surface area contributed by atoms with Crippen molar-refractivity contribution >= 4 is 12.1 Å². The second-order valence-electron chi connectivity index (χ2n) is 5.18. The predicted octanol–water partition coefficient (Wildman–Crippen LogP) is 2.29. The van der Waals surface area contributed by atoms with Crippen LogP contribution in [0.4, 0.5) is 4.79 Å². The van der Waals surface area contributed by atoms with Gasteiger partial charge in [0.1, 0.15) is 13.2 Å². The van der Waals surface area contributed by atoms with Crippen LogP contribution in [0.2, 0.25) is 0 Å². The third-order valence-electron chi connectivity index (χ3n) is 3.05. The van der Waals surface area contributed by atoms with E-state index in [2.05, 4.69) is 5.32 Å². The Hall–Kier alpha value is -2.12. The lowest BCUT2D eigenvalue weighted by atomic mass is 10.2. The molecule has 0 aromatic heterocycles. The molecule has 7 nitrogen and oxygen atoms in total. The molecular formula is C18H27NO6. The number of nitrogens with one attached hydrogen (secondary N) is 1. The average Bonchev–Trinajstić information content (AvgIpc) is 2.62. The molecule has 0 atom stereocenters. The molecule has 0 fully saturated rings. The van der Waals surface area contributed by atoms with Crippen LogP contribution in [-0.2, 0) is 30.3 Å². The average molecular weight is 353 g/mol. The first-order valence-electron chi connectivity index (χ1n) is 8.48. The summed E-state index contributed by atoms with van der Waals surface area (Å²) in [6.45, 7) is 4.32. The van der Waals surface area contributed by atoms with Crippen molar-refractivity contribution in [2.75, 3.05) is 39.6 Å². The fraction of sp³-hybridized carbons (Fsp3) is 0.556. The van der Waals surface area contributed by atoms with E-state index in [0.29, 0.717) is 39.4 Å². The van der Waals surface area contributed by atoms with Crippen LogP contribution in [0.5, 0.6) is 0 Å². The zero-order chi connectivity index (χ0) is 18.2. The predicted molar refractivity (Wildman–Crippen MR) is 92.1 cm³/mol. The molecule has 0 radical (unpaired) electrons. The molecule has 7 heteroatoms. The summed E-state index contributed by atoms with van der Waals surface area (Å²) in [6, 6.07) is 9.47. The van der Waals surface area contributed by atoms with E-state index in [0.717, 1.165) is 12.0 Å². The number of esters is 1. The van der Waals surface area contributed by atoms with E-state index < -0.39 is 6.09 Å². The molecular weight excluding hydrogens is 326 g/mol. The number of hydrogen-bond donors (Lipinski definition) is 1. The maximum atomic E-state index is 11.5. The van der Waals surface area contributed by atoms with Crippen molar-refractivity contribution < 1.29 is 28.5 Å². The smallest absolute Gasteiger partial charge is 0.407 e. The van der Waals surface area contributed by atoms with Gasteiger partial charge in [0.25, 0.3) is 0 Å². The number of benzene rings is 1. The normalized spacial score (nSPS) is 10.3. The number of hydrogen-bond acceptors (Lipinski definition) is 6. The molecule has 0 unspecified atom stereocenters. The minimum atomic E-state index is -0.474. The van der Waals surface area contributed by atoms with Gasteiger partial charge in [0, 0.05) is 13.0 Å². The summed E-state index contributed by atoms with van der Waals surface area (Å²) in [5.41, 5.74) is 0.937. The molecule has 0 heterocycles. The van der Waals surface area contributed by atoms with E-state index in [1.807, 2.05) is 37.3 Å². The SMILES string of the molecule is CCCC(=O)OCCOCCOCCNC(=O)OCc1ccccc1. The molecule has 0 aliphatic heterocycles. The van der Waals surface area contributed by atoms with Gasteiger partial charge in [-0.1, -0.05) is 37.3 Å². The van der Waals surface area contributed by atoms with Crippen LogP contribution >= 0.6 is 0 Å². The molecule has 1 amide bonds. The molecule has 0 bridgehead atoms. The molecule has 25 heavy (non-hydrogen) atoms. The second-order valence-corrected chi connectivity index (χ2v) is 5.18. The first kappa shape index (κ1) is 20.9. The van der Waals surface area contributed by atoms with Crippen LogP contribution in [-0.4, -0.2) is 51.6 Å². The zero-order valence-corrected chi connectivity index (χ0v) is 14.7. The van der Waals surface area contributed by atoms with Crippen molar-refractivity contribution in [2.24, 2.45) is 0 Å². The van der Waals surface area contributed by atoms with Gasteiger partial charge in [-0.05, 0) is 12.0 Å². The Morgan fingerprint density at radius 3 is 2.32 bits per heavy atom. The summed E-state index contributed by atoms with van der Waals surface area (Å²) in [6.07, 6.45) is 0.739. The molecule has 0 aliphatic carbocycles. The van der Waals surface area contributed by atoms with E-state index in [1.165, 1.54) is 0 Å². The van der Waals surface area contributed by atoms with E-state index >= 15 is 0 Å². The van der Waals surface area contributed by atoms with Crippen molar-refractivity contribution in [3.05, 3.63) is 35.9 Å². The van der Waals surface area contributed by atoms with Crippen molar-refractivity contribution in [2.45, 2.75) is 26.4 Å². The number of amides is 1. The van der Waals surface area contributed by atoms with Crippen LogP contribution in [0.3, 0.4) is 0 Å². The lowest BCUT2D eigenvalue weighted by molar-refractivity contribution is -0.145. The molecule has 0 saturated carbocycles. The van der Waals surface area contributed by atoms with Crippen LogP contribution in [0.15, 0.2) is 30.3 Å². The Balaban J connectivity index is 1.85. The number of carbonyl (C=O) groups is 2. The van der Waals surface area contributed by atoms with Gasteiger partial charge >= 0.3 is 12.1 Å². The van der Waals surface area contributed by atoms with Crippen LogP contribution < -0.4 is 5.32 Å². The Bertz CT molecular complexity index is 480. The maximum absolute atomic E-state index is 11.5. The third-order valence-corrected chi connectivity index (χ3v) is 3.05. The number of rotatable bonds is 13. The van der Waals surface area contributed by atoms with Gasteiger partial charge in [-0.2, -0.15) is 0 Å². The summed E-state index contributed by atoms with van der Waals surface area (Å²) in [5, 5.41) is 2.60. The topological polar surface area (TPSA) is 83.1 Å². The molecule has 1 N–H and O–H groups in total. The summed E-state index contributed by atoms with van der Waals surface area (Å²) in [4.78, 5) is 22.6. The van der Waals surface area contributed by atoms with E-state index in [9.17, 15) is 9.59 Å². The first-order chi connectivity index (χ1) is 12.2. The Kier molecular flexibility index (Phi) is 11.9. The molecule has 1 aromatic carbocycles. The molecule has 1 aromatic rings. The lowest BCUT2D eigenvalue weighted by Gasteiger charge is -2.08. The third kappa shape index (κ3) is 12.0. The number of carbonyl (C=O) groups excluding carboxylic acids is 2. The highest BCUT2D eigenvalue weighted by atomic mass is 16.6. The second kappa shape index (κ2) is 14.2. The van der Waals surface area contributed by atoms with Gasteiger partial charge in [-0.15, -0.1) is 0 Å². The molecule has 0 aliphatic rings. The van der Waals surface area contributed by atoms with E-state index in [-0.39, 0.29) is 19.2 Å². The molecule has 0 saturated heterocycles. The van der Waals surface area contributed by atoms with Crippen molar-refractivity contribution in [3.8, 4) is 0 Å². The largest absolute Gasteiger partial charge is 0.463 e. The quantitative estimate of drug-likeness (QED) is 0.433. The standard InChI is InChI=1S/C18H27NO6/c1-2-6-17(20)24-14-13-23-12-11-22-10-9-19-18(21)25-15-16-7-4-3-5-8-16/h3-5,7-8H,2,6,9-15H2,1H3,(H,19,21). The number of ether oxygens (including phenoxy) is 4. The highest BCUT2D eigenvalue weighted by molar-refractivity contribution is 5.69. The summed E-state index contributed by atoms with van der Waals surface area (Å²) in [7, 11) is 0. The van der Waals surface area contributed by atoms with Gasteiger partial charge in [0.05, 0.1) is 26.4 Å². The van der Waals surface area contributed by atoms with Gasteiger partial charge in [-0.25, -0.2) is 4.79 Å². The summed E-state index contributed by atoms with van der Waals surface area (Å²) >= 11 is 0. The highest BCUT2D eigenvalue weighted by Gasteiger charge is 2.02. The van der Waals surface area contributed by atoms with Crippen LogP contribution in [0, 0.1) is 0 Å². The maximum Gasteiger partial charge on any atom is 0.407 e. The Labute approximate surface area is 148 Å². The van der Waals surface area contributed by atoms with Gasteiger partial charge in [-0.3, -0.25) is 4.79 Å². The first-order valence-corrected chi connectivity index (χ1v) is 8.48.